The second-order valence-corrected chi connectivity index (χ2v) is 7.72. The summed E-state index contributed by atoms with van der Waals surface area (Å²) in [6.07, 6.45) is 2.85. The zero-order valence-electron chi connectivity index (χ0n) is 16.8. The summed E-state index contributed by atoms with van der Waals surface area (Å²) in [6, 6.07) is 6.51. The van der Waals surface area contributed by atoms with Crippen LogP contribution >= 0.6 is 0 Å². The minimum atomic E-state index is -0.334. The third kappa shape index (κ3) is 3.95. The maximum atomic E-state index is 14.0. The van der Waals surface area contributed by atoms with Crippen molar-refractivity contribution in [3.05, 3.63) is 53.1 Å². The molecule has 152 valence electrons. The normalized spacial score (nSPS) is 18.1. The van der Waals surface area contributed by atoms with E-state index in [0.717, 1.165) is 28.7 Å². The van der Waals surface area contributed by atoms with Gasteiger partial charge in [0.2, 0.25) is 0 Å². The van der Waals surface area contributed by atoms with Crippen LogP contribution in [-0.2, 0) is 29.3 Å². The maximum Gasteiger partial charge on any atom is 0.302 e. The summed E-state index contributed by atoms with van der Waals surface area (Å²) in [5, 5.41) is 9.11. The van der Waals surface area contributed by atoms with E-state index in [-0.39, 0.29) is 25.0 Å². The van der Waals surface area contributed by atoms with Gasteiger partial charge >= 0.3 is 5.97 Å². The lowest BCUT2D eigenvalue weighted by Crippen LogP contribution is -2.07. The summed E-state index contributed by atoms with van der Waals surface area (Å²) >= 11 is 0. The molecule has 1 fully saturated rings. The van der Waals surface area contributed by atoms with Crippen LogP contribution in [0.1, 0.15) is 37.1 Å². The highest BCUT2D eigenvalue weighted by Gasteiger charge is 2.34. The van der Waals surface area contributed by atoms with E-state index in [0.29, 0.717) is 23.3 Å². The molecule has 2 aromatic heterocycles. The first-order chi connectivity index (χ1) is 14.0. The number of fused-ring (bicyclic) bond motifs is 1. The van der Waals surface area contributed by atoms with Crippen LogP contribution < -0.4 is 4.74 Å². The molecular weight excluding hydrogens is 373 g/mol. The highest BCUT2D eigenvalue weighted by atomic mass is 19.1. The lowest BCUT2D eigenvalue weighted by atomic mass is 10.2. The van der Waals surface area contributed by atoms with E-state index < -0.39 is 0 Å². The molecule has 0 spiro atoms. The molecule has 1 aliphatic carbocycles. The number of halogens is 1. The topological polar surface area (TPSA) is 66.2 Å². The van der Waals surface area contributed by atoms with E-state index in [1.54, 1.807) is 24.4 Å². The number of ether oxygens (including phenoxy) is 2. The molecule has 2 atom stereocenters. The number of aromatic nitrogens is 3. The number of benzene rings is 1. The number of nitrogens with zero attached hydrogens (tertiary/aromatic N) is 3. The molecule has 0 radical (unpaired) electrons. The predicted molar refractivity (Wildman–Crippen MR) is 106 cm³/mol. The molecule has 1 aromatic carbocycles. The Balaban J connectivity index is 1.73. The predicted octanol–water partition coefficient (Wildman–Crippen LogP) is 4.18. The fraction of sp³-hybridized carbons (Fsp3) is 0.409. The van der Waals surface area contributed by atoms with Crippen LogP contribution in [0.4, 0.5) is 4.39 Å². The van der Waals surface area contributed by atoms with Gasteiger partial charge in [-0.1, -0.05) is 25.1 Å². The van der Waals surface area contributed by atoms with Gasteiger partial charge in [0.05, 0.1) is 6.20 Å². The number of hydrogen-bond acceptors (Lipinski definition) is 5. The van der Waals surface area contributed by atoms with E-state index in [9.17, 15) is 9.18 Å². The van der Waals surface area contributed by atoms with Crippen molar-refractivity contribution in [1.29, 1.82) is 0 Å². The highest BCUT2D eigenvalue weighted by molar-refractivity contribution is 5.88. The maximum absolute atomic E-state index is 14.0. The van der Waals surface area contributed by atoms with Crippen LogP contribution in [0.3, 0.4) is 0 Å². The van der Waals surface area contributed by atoms with Gasteiger partial charge in [0, 0.05) is 35.7 Å². The van der Waals surface area contributed by atoms with Gasteiger partial charge in [-0.05, 0) is 31.2 Å². The van der Waals surface area contributed by atoms with Gasteiger partial charge in [-0.25, -0.2) is 4.39 Å². The van der Waals surface area contributed by atoms with Crippen molar-refractivity contribution in [3.8, 4) is 5.88 Å². The van der Waals surface area contributed by atoms with Gasteiger partial charge in [-0.15, -0.1) is 5.10 Å². The van der Waals surface area contributed by atoms with Gasteiger partial charge in [-0.3, -0.25) is 4.79 Å². The Morgan fingerprint density at radius 2 is 2.07 bits per heavy atom. The summed E-state index contributed by atoms with van der Waals surface area (Å²) in [4.78, 5) is 11.3. The lowest BCUT2D eigenvalue weighted by Gasteiger charge is -2.11. The largest absolute Gasteiger partial charge is 0.470 e. The molecule has 1 saturated carbocycles. The minimum absolute atomic E-state index is 0.0593. The van der Waals surface area contributed by atoms with Crippen molar-refractivity contribution >= 4 is 16.9 Å². The molecule has 6 nitrogen and oxygen atoms in total. The lowest BCUT2D eigenvalue weighted by molar-refractivity contribution is -0.142. The molecule has 3 aromatic rings. The van der Waals surface area contributed by atoms with Crippen molar-refractivity contribution < 1.29 is 18.7 Å². The van der Waals surface area contributed by atoms with Crippen LogP contribution in [0.2, 0.25) is 0 Å². The zero-order valence-corrected chi connectivity index (χ0v) is 16.8. The van der Waals surface area contributed by atoms with E-state index in [2.05, 4.69) is 21.7 Å². The smallest absolute Gasteiger partial charge is 0.302 e. The van der Waals surface area contributed by atoms with Crippen LogP contribution in [0, 0.1) is 24.6 Å². The Morgan fingerprint density at radius 3 is 2.76 bits per heavy atom. The summed E-state index contributed by atoms with van der Waals surface area (Å²) in [5.74, 6) is 0.983. The van der Waals surface area contributed by atoms with E-state index in [1.165, 1.54) is 19.4 Å². The van der Waals surface area contributed by atoms with E-state index >= 15 is 0 Å². The van der Waals surface area contributed by atoms with Crippen molar-refractivity contribution in [2.45, 2.75) is 47.0 Å². The second-order valence-electron chi connectivity index (χ2n) is 7.72. The van der Waals surface area contributed by atoms with Crippen molar-refractivity contribution in [2.24, 2.45) is 11.8 Å². The molecule has 0 saturated heterocycles. The number of carbonyl (C=O) groups excluding carboxylic acids is 1. The summed E-state index contributed by atoms with van der Waals surface area (Å²) in [7, 11) is 0. The highest BCUT2D eigenvalue weighted by Crippen LogP contribution is 2.41. The Hall–Kier alpha value is -2.96. The molecule has 2 unspecified atom stereocenters. The Labute approximate surface area is 168 Å². The summed E-state index contributed by atoms with van der Waals surface area (Å²) in [6.45, 7) is 6.70. The van der Waals surface area contributed by atoms with Crippen molar-refractivity contribution in [3.63, 3.8) is 0 Å². The molecule has 4 rings (SSSR count). The van der Waals surface area contributed by atoms with E-state index in [1.807, 2.05) is 6.92 Å². The minimum Gasteiger partial charge on any atom is -0.470 e. The SMILES string of the molecule is CC(=O)OCc1c(C)n(CC2CC2C)c2c(OCc3ccccc3F)nncc12. The second kappa shape index (κ2) is 7.81. The van der Waals surface area contributed by atoms with Gasteiger partial charge in [0.1, 0.15) is 24.5 Å². The van der Waals surface area contributed by atoms with Crippen LogP contribution in [0.5, 0.6) is 5.88 Å². The van der Waals surface area contributed by atoms with Gasteiger partial charge in [-0.2, -0.15) is 5.10 Å². The Bertz CT molecular complexity index is 1060. The van der Waals surface area contributed by atoms with Crippen LogP contribution in [0.25, 0.3) is 10.9 Å². The molecule has 29 heavy (non-hydrogen) atoms. The summed E-state index contributed by atoms with van der Waals surface area (Å²) < 4.78 is 27.3. The number of hydrogen-bond donors (Lipinski definition) is 0. The fourth-order valence-corrected chi connectivity index (χ4v) is 3.70. The van der Waals surface area contributed by atoms with Crippen LogP contribution in [-0.4, -0.2) is 20.7 Å². The van der Waals surface area contributed by atoms with Crippen molar-refractivity contribution in [2.75, 3.05) is 0 Å². The quantitative estimate of drug-likeness (QED) is 0.560. The Morgan fingerprint density at radius 1 is 1.31 bits per heavy atom. The number of rotatable bonds is 7. The molecule has 7 heteroatoms. The molecule has 0 aliphatic heterocycles. The Kier molecular flexibility index (Phi) is 5.22. The number of carbonyl (C=O) groups is 1. The fourth-order valence-electron chi connectivity index (χ4n) is 3.70. The first-order valence-electron chi connectivity index (χ1n) is 9.78. The van der Waals surface area contributed by atoms with Crippen LogP contribution in [0.15, 0.2) is 30.5 Å². The standard InChI is InChI=1S/C22H24FN3O3/c1-13-8-17(13)10-26-14(2)19(12-28-15(3)27)18-9-24-25-22(21(18)26)29-11-16-6-4-5-7-20(16)23/h4-7,9,13,17H,8,10-12H2,1-3H3. The number of esters is 1. The van der Waals surface area contributed by atoms with Gasteiger partial charge in [0.25, 0.3) is 5.88 Å². The van der Waals surface area contributed by atoms with Gasteiger partial charge in [0.15, 0.2) is 0 Å². The third-order valence-corrected chi connectivity index (χ3v) is 5.66. The monoisotopic (exact) mass is 397 g/mol. The van der Waals surface area contributed by atoms with Crippen molar-refractivity contribution in [1.82, 2.24) is 14.8 Å². The van der Waals surface area contributed by atoms with Gasteiger partial charge < -0.3 is 14.0 Å². The molecule has 2 heterocycles. The molecular formula is C22H24FN3O3. The molecule has 1 aliphatic rings. The summed E-state index contributed by atoms with van der Waals surface area (Å²) in [5.41, 5.74) is 3.17. The first kappa shape index (κ1) is 19.4. The third-order valence-electron chi connectivity index (χ3n) is 5.66. The first-order valence-corrected chi connectivity index (χ1v) is 9.78. The average molecular weight is 397 g/mol. The molecule has 0 N–H and O–H groups in total. The average Bonchev–Trinajstić information content (AvgIpc) is 3.32. The van der Waals surface area contributed by atoms with E-state index in [4.69, 9.17) is 9.47 Å². The molecule has 0 amide bonds. The zero-order chi connectivity index (χ0) is 20.5. The molecule has 0 bridgehead atoms.